The van der Waals surface area contributed by atoms with E-state index in [0.29, 0.717) is 0 Å². The zero-order valence-corrected chi connectivity index (χ0v) is 34.9. The Morgan fingerprint density at radius 1 is 0.442 bits per heavy atom. The van der Waals surface area contributed by atoms with E-state index in [1.165, 1.54) is 176 Å². The number of nitrogens with zero attached hydrogens (tertiary/aromatic N) is 2. The smallest absolute Gasteiger partial charge is 0.132 e. The van der Waals surface area contributed by atoms with Gasteiger partial charge < -0.3 is 0 Å². The van der Waals surface area contributed by atoms with Crippen LogP contribution in [0.4, 0.5) is 11.4 Å². The molecule has 0 amide bonds. The number of hydrogen-bond acceptors (Lipinski definition) is 2. The summed E-state index contributed by atoms with van der Waals surface area (Å²) in [6.07, 6.45) is 39.5. The first-order chi connectivity index (χ1) is 25.6. The molecular formula is C50H80N2. The van der Waals surface area contributed by atoms with E-state index in [1.54, 1.807) is 0 Å². The molecule has 0 atom stereocenters. The largest absolute Gasteiger partial charge is 0.254 e. The van der Waals surface area contributed by atoms with E-state index in [0.717, 1.165) is 49.2 Å². The summed E-state index contributed by atoms with van der Waals surface area (Å²) in [6.45, 7) is 11.4. The molecular weight excluding hydrogens is 629 g/mol. The third-order valence-corrected chi connectivity index (χ3v) is 10.5. The molecule has 0 aromatic heterocycles. The normalized spacial score (nSPS) is 11.8. The summed E-state index contributed by atoms with van der Waals surface area (Å²) in [7, 11) is 0. The molecule has 0 N–H and O–H groups in total. The zero-order valence-electron chi connectivity index (χ0n) is 34.9. The lowest BCUT2D eigenvalue weighted by molar-refractivity contribution is 0.530. The van der Waals surface area contributed by atoms with Crippen molar-refractivity contribution in [2.75, 3.05) is 0 Å². The maximum Gasteiger partial charge on any atom is 0.132 e. The Morgan fingerprint density at radius 3 is 1.29 bits per heavy atom. The molecule has 0 heterocycles. The second kappa shape index (κ2) is 31.8. The molecule has 0 fully saturated rings. The molecule has 2 aromatic carbocycles. The minimum atomic E-state index is 0.768. The Kier molecular flexibility index (Phi) is 27.8. The van der Waals surface area contributed by atoms with Crippen LogP contribution in [-0.4, -0.2) is 11.9 Å². The third kappa shape index (κ3) is 21.8. The molecule has 2 nitrogen and oxygen atoms in total. The summed E-state index contributed by atoms with van der Waals surface area (Å²) in [6, 6.07) is 13.6. The van der Waals surface area contributed by atoms with Gasteiger partial charge in [-0.25, -0.2) is 4.99 Å². The summed E-state index contributed by atoms with van der Waals surface area (Å²) in [5, 5.41) is 0. The quantitative estimate of drug-likeness (QED) is 0.0423. The highest BCUT2D eigenvalue weighted by Gasteiger charge is 2.07. The van der Waals surface area contributed by atoms with Crippen molar-refractivity contribution in [2.24, 2.45) is 9.98 Å². The van der Waals surface area contributed by atoms with Gasteiger partial charge in [0, 0.05) is 6.42 Å². The van der Waals surface area contributed by atoms with Gasteiger partial charge in [0.05, 0.1) is 17.6 Å². The van der Waals surface area contributed by atoms with Crippen LogP contribution in [0.15, 0.2) is 46.4 Å². The van der Waals surface area contributed by atoms with Crippen molar-refractivity contribution >= 4 is 23.3 Å². The van der Waals surface area contributed by atoms with Crippen LogP contribution in [0, 0.1) is 11.8 Å². The predicted molar refractivity (Wildman–Crippen MR) is 235 cm³/mol. The van der Waals surface area contributed by atoms with Gasteiger partial charge in [0.15, 0.2) is 0 Å². The number of aliphatic imine (C=N–C) groups is 2. The van der Waals surface area contributed by atoms with Crippen molar-refractivity contribution in [3.63, 3.8) is 0 Å². The second-order valence-electron chi connectivity index (χ2n) is 15.4. The van der Waals surface area contributed by atoms with Gasteiger partial charge in [0.25, 0.3) is 0 Å². The number of benzene rings is 2. The highest BCUT2D eigenvalue weighted by atomic mass is 14.8. The second-order valence-corrected chi connectivity index (χ2v) is 15.4. The van der Waals surface area contributed by atoms with E-state index >= 15 is 0 Å². The Labute approximate surface area is 323 Å². The molecule has 0 aliphatic carbocycles. The first-order valence-electron chi connectivity index (χ1n) is 22.5. The van der Waals surface area contributed by atoms with Crippen LogP contribution >= 0.6 is 0 Å². The van der Waals surface area contributed by atoms with Crippen molar-refractivity contribution in [1.82, 2.24) is 0 Å². The maximum absolute atomic E-state index is 5.10. The standard InChI is InChI=1S/C50H80N2/c1-6-11-16-17-18-19-20-21-22-23-24-25-26-27-28-29-30-31-36-50(52-49-40-38-45(33-13-8-3)47(42-49)35-15-10-5)43-51-48-39-37-44(32-12-7-2)46(41-48)34-14-9-4/h37-43H,6-30,32-35H2,1-5H3. The molecule has 0 bridgehead atoms. The van der Waals surface area contributed by atoms with E-state index in [1.807, 2.05) is 6.21 Å². The number of aryl methyl sites for hydroxylation is 4. The molecule has 2 rings (SSSR count). The number of rotatable bonds is 31. The molecule has 0 saturated carbocycles. The summed E-state index contributed by atoms with van der Waals surface area (Å²) < 4.78 is 0. The van der Waals surface area contributed by atoms with Crippen LogP contribution in [0.1, 0.15) is 217 Å². The molecule has 52 heavy (non-hydrogen) atoms. The molecule has 2 aromatic rings. The minimum Gasteiger partial charge on any atom is -0.254 e. The minimum absolute atomic E-state index is 0.768. The van der Waals surface area contributed by atoms with Crippen LogP contribution in [0.25, 0.3) is 0 Å². The molecule has 0 unspecified atom stereocenters. The van der Waals surface area contributed by atoms with Gasteiger partial charge in [-0.2, -0.15) is 0 Å². The van der Waals surface area contributed by atoms with Gasteiger partial charge in [0.2, 0.25) is 0 Å². The van der Waals surface area contributed by atoms with E-state index in [4.69, 9.17) is 9.98 Å². The van der Waals surface area contributed by atoms with Gasteiger partial charge in [-0.15, -0.1) is 0 Å². The molecule has 290 valence electrons. The zero-order chi connectivity index (χ0) is 37.3. The number of unbranched alkanes of at least 4 members (excludes halogenated alkanes) is 20. The average Bonchev–Trinajstić information content (AvgIpc) is 3.16. The van der Waals surface area contributed by atoms with Crippen molar-refractivity contribution in [3.05, 3.63) is 58.7 Å². The van der Waals surface area contributed by atoms with Crippen LogP contribution in [0.5, 0.6) is 0 Å². The molecule has 0 aliphatic rings. The van der Waals surface area contributed by atoms with E-state index in [-0.39, 0.29) is 0 Å². The molecule has 0 aliphatic heterocycles. The fourth-order valence-electron chi connectivity index (χ4n) is 7.08. The Hall–Kier alpha value is -2.66. The van der Waals surface area contributed by atoms with Gasteiger partial charge in [-0.1, -0.05) is 175 Å². The maximum atomic E-state index is 5.10. The lowest BCUT2D eigenvalue weighted by atomic mass is 9.97. The van der Waals surface area contributed by atoms with Crippen LogP contribution < -0.4 is 0 Å². The van der Waals surface area contributed by atoms with E-state index in [2.05, 4.69) is 82.9 Å². The van der Waals surface area contributed by atoms with Crippen LogP contribution in [0.3, 0.4) is 0 Å². The molecule has 0 spiro atoms. The fourth-order valence-corrected chi connectivity index (χ4v) is 7.08. The number of hydrogen-bond donors (Lipinski definition) is 0. The molecule has 2 heteroatoms. The lowest BCUT2D eigenvalue weighted by Gasteiger charge is -2.10. The van der Waals surface area contributed by atoms with Crippen LogP contribution in [0.2, 0.25) is 0 Å². The summed E-state index contributed by atoms with van der Waals surface area (Å²) >= 11 is 0. The predicted octanol–water partition coefficient (Wildman–Crippen LogP) is 16.2. The molecule has 0 saturated heterocycles. The lowest BCUT2D eigenvalue weighted by Crippen LogP contribution is -1.98. The van der Waals surface area contributed by atoms with E-state index < -0.39 is 0 Å². The average molecular weight is 709 g/mol. The first-order valence-corrected chi connectivity index (χ1v) is 22.5. The monoisotopic (exact) mass is 709 g/mol. The van der Waals surface area contributed by atoms with Crippen LogP contribution in [-0.2, 0) is 25.7 Å². The summed E-state index contributed by atoms with van der Waals surface area (Å²) in [5.41, 5.74) is 8.68. The van der Waals surface area contributed by atoms with Gasteiger partial charge in [-0.05, 0) is 110 Å². The van der Waals surface area contributed by atoms with Crippen molar-refractivity contribution in [1.29, 1.82) is 0 Å². The van der Waals surface area contributed by atoms with Crippen molar-refractivity contribution < 1.29 is 0 Å². The summed E-state index contributed by atoms with van der Waals surface area (Å²) in [4.78, 5) is 10.1. The van der Waals surface area contributed by atoms with E-state index in [9.17, 15) is 0 Å². The highest BCUT2D eigenvalue weighted by Crippen LogP contribution is 2.24. The summed E-state index contributed by atoms with van der Waals surface area (Å²) in [5.74, 6) is 6.92. The Balaban J connectivity index is 1.99. The van der Waals surface area contributed by atoms with Gasteiger partial charge >= 0.3 is 0 Å². The topological polar surface area (TPSA) is 24.7 Å². The first kappa shape index (κ1) is 45.5. The Bertz CT molecular complexity index is 1290. The van der Waals surface area contributed by atoms with Gasteiger partial charge in [0.1, 0.15) is 5.71 Å². The van der Waals surface area contributed by atoms with Gasteiger partial charge in [-0.3, -0.25) is 4.99 Å². The Morgan fingerprint density at radius 2 is 0.827 bits per heavy atom. The third-order valence-electron chi connectivity index (χ3n) is 10.5. The SMILES string of the molecule is CCCCCCCCCCCCCCCCCCC#CC(C=Nc1ccc(CCCC)c(CCCC)c1)=Nc1ccc(CCCC)c(CCCC)c1. The highest BCUT2D eigenvalue weighted by molar-refractivity contribution is 6.39. The van der Waals surface area contributed by atoms with Crippen molar-refractivity contribution in [3.8, 4) is 11.8 Å². The van der Waals surface area contributed by atoms with Crippen molar-refractivity contribution in [2.45, 2.75) is 221 Å². The molecule has 0 radical (unpaired) electrons. The fraction of sp³-hybridized carbons (Fsp3) is 0.680.